The van der Waals surface area contributed by atoms with Crippen LogP contribution >= 0.6 is 0 Å². The molecule has 2 unspecified atom stereocenters. The van der Waals surface area contributed by atoms with Gasteiger partial charge in [-0.1, -0.05) is 43.2 Å². The molecular formula is C13H18O. The van der Waals surface area contributed by atoms with Gasteiger partial charge in [0.05, 0.1) is 12.7 Å². The summed E-state index contributed by atoms with van der Waals surface area (Å²) in [6.45, 7) is 5.12. The lowest BCUT2D eigenvalue weighted by molar-refractivity contribution is 0.0949. The number of aryl methyl sites for hydroxylation is 1. The van der Waals surface area contributed by atoms with E-state index in [2.05, 4.69) is 38.1 Å². The first-order chi connectivity index (χ1) is 6.79. The van der Waals surface area contributed by atoms with E-state index in [1.54, 1.807) is 0 Å². The second kappa shape index (κ2) is 4.14. The Morgan fingerprint density at radius 3 is 2.57 bits per heavy atom. The van der Waals surface area contributed by atoms with Gasteiger partial charge in [0.25, 0.3) is 0 Å². The second-order valence-corrected chi connectivity index (χ2v) is 4.24. The Hall–Kier alpha value is -0.820. The van der Waals surface area contributed by atoms with Gasteiger partial charge in [0, 0.05) is 0 Å². The van der Waals surface area contributed by atoms with Crippen LogP contribution in [0.2, 0.25) is 0 Å². The Labute approximate surface area is 86.1 Å². The summed E-state index contributed by atoms with van der Waals surface area (Å²) >= 11 is 0. The number of hydrogen-bond donors (Lipinski definition) is 0. The predicted molar refractivity (Wildman–Crippen MR) is 58.2 cm³/mol. The summed E-state index contributed by atoms with van der Waals surface area (Å²) in [5.74, 6) is 0.834. The van der Waals surface area contributed by atoms with E-state index in [1.165, 1.54) is 24.0 Å². The fourth-order valence-corrected chi connectivity index (χ4v) is 1.74. The third-order valence-electron chi connectivity index (χ3n) is 2.97. The Balaban J connectivity index is 1.78. The minimum Gasteiger partial charge on any atom is -0.373 e. The topological polar surface area (TPSA) is 9.23 Å². The highest BCUT2D eigenvalue weighted by Gasteiger charge is 2.36. The zero-order chi connectivity index (χ0) is 9.97. The minimum absolute atomic E-state index is 0.543. The van der Waals surface area contributed by atoms with Crippen molar-refractivity contribution in [2.45, 2.75) is 39.4 Å². The molecule has 0 N–H and O–H groups in total. The van der Waals surface area contributed by atoms with Crippen molar-refractivity contribution in [2.24, 2.45) is 5.92 Å². The van der Waals surface area contributed by atoms with Gasteiger partial charge in [-0.15, -0.1) is 0 Å². The van der Waals surface area contributed by atoms with Crippen molar-refractivity contribution in [3.05, 3.63) is 35.4 Å². The van der Waals surface area contributed by atoms with E-state index in [0.717, 1.165) is 12.5 Å². The van der Waals surface area contributed by atoms with Crippen molar-refractivity contribution in [1.82, 2.24) is 0 Å². The maximum absolute atomic E-state index is 5.78. The summed E-state index contributed by atoms with van der Waals surface area (Å²) in [5, 5.41) is 0. The van der Waals surface area contributed by atoms with E-state index in [9.17, 15) is 0 Å². The molecule has 2 atom stereocenters. The molecule has 0 spiro atoms. The van der Waals surface area contributed by atoms with Crippen molar-refractivity contribution in [2.75, 3.05) is 0 Å². The highest BCUT2D eigenvalue weighted by atomic mass is 16.5. The molecule has 2 rings (SSSR count). The summed E-state index contributed by atoms with van der Waals surface area (Å²) < 4.78 is 5.78. The SMILES string of the molecule is CCC1CC1OCc1ccc(C)cc1. The van der Waals surface area contributed by atoms with Crippen LogP contribution in [0.1, 0.15) is 30.9 Å². The summed E-state index contributed by atoms with van der Waals surface area (Å²) in [7, 11) is 0. The molecule has 1 saturated carbocycles. The Morgan fingerprint density at radius 1 is 1.29 bits per heavy atom. The van der Waals surface area contributed by atoms with Crippen molar-refractivity contribution >= 4 is 0 Å². The molecule has 1 aromatic carbocycles. The molecule has 1 aliphatic carbocycles. The van der Waals surface area contributed by atoms with E-state index in [0.29, 0.717) is 6.10 Å². The average molecular weight is 190 g/mol. The second-order valence-electron chi connectivity index (χ2n) is 4.24. The fraction of sp³-hybridized carbons (Fsp3) is 0.538. The Bertz CT molecular complexity index is 289. The molecule has 0 amide bonds. The van der Waals surface area contributed by atoms with E-state index >= 15 is 0 Å². The van der Waals surface area contributed by atoms with Crippen LogP contribution in [0, 0.1) is 12.8 Å². The third-order valence-corrected chi connectivity index (χ3v) is 2.97. The van der Waals surface area contributed by atoms with Gasteiger partial charge in [0.2, 0.25) is 0 Å². The van der Waals surface area contributed by atoms with Gasteiger partial charge in [-0.2, -0.15) is 0 Å². The summed E-state index contributed by atoms with van der Waals surface area (Å²) in [5.41, 5.74) is 2.60. The molecule has 1 aromatic rings. The molecule has 1 heteroatoms. The zero-order valence-corrected chi connectivity index (χ0v) is 8.99. The fourth-order valence-electron chi connectivity index (χ4n) is 1.74. The minimum atomic E-state index is 0.543. The number of hydrogen-bond acceptors (Lipinski definition) is 1. The molecule has 0 radical (unpaired) electrons. The van der Waals surface area contributed by atoms with E-state index in [1.807, 2.05) is 0 Å². The highest BCUT2D eigenvalue weighted by molar-refractivity contribution is 5.20. The van der Waals surface area contributed by atoms with Crippen LogP contribution in [0.25, 0.3) is 0 Å². The van der Waals surface area contributed by atoms with Gasteiger partial charge in [-0.3, -0.25) is 0 Å². The molecule has 0 bridgehead atoms. The monoisotopic (exact) mass is 190 g/mol. The molecule has 14 heavy (non-hydrogen) atoms. The van der Waals surface area contributed by atoms with Crippen molar-refractivity contribution in [3.8, 4) is 0 Å². The van der Waals surface area contributed by atoms with Crippen LogP contribution in [0.15, 0.2) is 24.3 Å². The van der Waals surface area contributed by atoms with Gasteiger partial charge < -0.3 is 4.74 Å². The third kappa shape index (κ3) is 2.36. The van der Waals surface area contributed by atoms with Crippen LogP contribution in [0.5, 0.6) is 0 Å². The number of benzene rings is 1. The molecule has 1 fully saturated rings. The lowest BCUT2D eigenvalue weighted by atomic mass is 10.2. The Kier molecular flexibility index (Phi) is 2.87. The molecule has 0 aromatic heterocycles. The van der Waals surface area contributed by atoms with Crippen molar-refractivity contribution in [3.63, 3.8) is 0 Å². The summed E-state index contributed by atoms with van der Waals surface area (Å²) in [4.78, 5) is 0. The standard InChI is InChI=1S/C13H18O/c1-3-12-8-13(12)14-9-11-6-4-10(2)5-7-11/h4-7,12-13H,3,8-9H2,1-2H3. The molecule has 1 nitrogen and oxygen atoms in total. The number of rotatable bonds is 4. The normalized spacial score (nSPS) is 25.0. The number of ether oxygens (including phenoxy) is 1. The largest absolute Gasteiger partial charge is 0.373 e. The lowest BCUT2D eigenvalue weighted by Gasteiger charge is -2.03. The molecule has 76 valence electrons. The summed E-state index contributed by atoms with van der Waals surface area (Å²) in [6, 6.07) is 8.59. The van der Waals surface area contributed by atoms with Crippen molar-refractivity contribution in [1.29, 1.82) is 0 Å². The quantitative estimate of drug-likeness (QED) is 0.707. The lowest BCUT2D eigenvalue weighted by Crippen LogP contribution is -1.97. The van der Waals surface area contributed by atoms with E-state index in [4.69, 9.17) is 4.74 Å². The first kappa shape index (κ1) is 9.72. The Morgan fingerprint density at radius 2 is 2.00 bits per heavy atom. The maximum Gasteiger partial charge on any atom is 0.0720 e. The molecule has 0 saturated heterocycles. The van der Waals surface area contributed by atoms with Gasteiger partial charge in [-0.25, -0.2) is 0 Å². The molecule has 0 heterocycles. The smallest absolute Gasteiger partial charge is 0.0720 e. The van der Waals surface area contributed by atoms with E-state index < -0.39 is 0 Å². The van der Waals surface area contributed by atoms with Gasteiger partial charge in [0.15, 0.2) is 0 Å². The van der Waals surface area contributed by atoms with Gasteiger partial charge in [-0.05, 0) is 24.8 Å². The van der Waals surface area contributed by atoms with Gasteiger partial charge in [0.1, 0.15) is 0 Å². The van der Waals surface area contributed by atoms with Gasteiger partial charge >= 0.3 is 0 Å². The van der Waals surface area contributed by atoms with Crippen LogP contribution in [0.4, 0.5) is 0 Å². The highest BCUT2D eigenvalue weighted by Crippen LogP contribution is 2.36. The van der Waals surface area contributed by atoms with Crippen molar-refractivity contribution < 1.29 is 4.74 Å². The maximum atomic E-state index is 5.78. The van der Waals surface area contributed by atoms with Crippen LogP contribution in [0.3, 0.4) is 0 Å². The molecule has 1 aliphatic rings. The van der Waals surface area contributed by atoms with E-state index in [-0.39, 0.29) is 0 Å². The molecular weight excluding hydrogens is 172 g/mol. The first-order valence-electron chi connectivity index (χ1n) is 5.46. The van der Waals surface area contributed by atoms with Crippen LogP contribution in [-0.4, -0.2) is 6.10 Å². The molecule has 0 aliphatic heterocycles. The van der Waals surface area contributed by atoms with Crippen LogP contribution < -0.4 is 0 Å². The zero-order valence-electron chi connectivity index (χ0n) is 8.99. The predicted octanol–water partition coefficient (Wildman–Crippen LogP) is 3.31. The summed E-state index contributed by atoms with van der Waals surface area (Å²) in [6.07, 6.45) is 3.07. The average Bonchev–Trinajstić information content (AvgIpc) is 2.96. The first-order valence-corrected chi connectivity index (χ1v) is 5.46. The van der Waals surface area contributed by atoms with Crippen LogP contribution in [-0.2, 0) is 11.3 Å².